The summed E-state index contributed by atoms with van der Waals surface area (Å²) in [5.74, 6) is 3.35. The monoisotopic (exact) mass is 648 g/mol. The molecule has 5 aromatic heterocycles. The summed E-state index contributed by atoms with van der Waals surface area (Å²) in [6.07, 6.45) is 22.1. The van der Waals surface area contributed by atoms with E-state index in [-0.39, 0.29) is 22.4 Å². The van der Waals surface area contributed by atoms with Gasteiger partial charge < -0.3 is 21.4 Å². The van der Waals surface area contributed by atoms with Crippen LogP contribution in [0, 0.1) is 12.3 Å². The van der Waals surface area contributed by atoms with Crippen LogP contribution in [0.5, 0.6) is 0 Å². The first-order valence-electron chi connectivity index (χ1n) is 17.2. The lowest BCUT2D eigenvalue weighted by molar-refractivity contribution is 0.0897. The van der Waals surface area contributed by atoms with Gasteiger partial charge in [-0.3, -0.25) is 9.78 Å². The Morgan fingerprint density at radius 3 is 2.53 bits per heavy atom. The van der Waals surface area contributed by atoms with Crippen LogP contribution in [0.25, 0.3) is 38.7 Å². The van der Waals surface area contributed by atoms with Crippen molar-refractivity contribution in [1.29, 1.82) is 0 Å². The minimum atomic E-state index is -0.391. The van der Waals surface area contributed by atoms with Gasteiger partial charge >= 0.3 is 0 Å². The summed E-state index contributed by atoms with van der Waals surface area (Å²) in [6.45, 7) is 0. The first-order valence-corrected chi connectivity index (χ1v) is 17.2. The molecule has 0 unspecified atom stereocenters. The van der Waals surface area contributed by atoms with Gasteiger partial charge in [0, 0.05) is 45.5 Å². The zero-order valence-electron chi connectivity index (χ0n) is 27.1. The molecule has 4 aliphatic rings. The number of fused-ring (bicyclic) bond motifs is 7. The van der Waals surface area contributed by atoms with E-state index in [1.807, 2.05) is 36.7 Å². The lowest BCUT2D eigenvalue weighted by Gasteiger charge is -2.32. The Hall–Kier alpha value is -5.34. The summed E-state index contributed by atoms with van der Waals surface area (Å²) >= 11 is 0. The highest BCUT2D eigenvalue weighted by atomic mass is 16.1. The topological polar surface area (TPSA) is 155 Å². The van der Waals surface area contributed by atoms with Crippen LogP contribution < -0.4 is 16.8 Å². The number of hydrogen-bond donors (Lipinski definition) is 3. The summed E-state index contributed by atoms with van der Waals surface area (Å²) in [7, 11) is 0. The number of aromatic nitrogens is 7. The largest absolute Gasteiger partial charge is 0.383 e. The number of pyridine rings is 2. The number of carbonyl (C=O) groups is 1. The van der Waals surface area contributed by atoms with Crippen LogP contribution in [0.2, 0.25) is 0 Å². The molecule has 1 amide bonds. The Labute approximate surface area is 282 Å². The van der Waals surface area contributed by atoms with E-state index in [4.69, 9.17) is 27.9 Å². The van der Waals surface area contributed by atoms with E-state index in [9.17, 15) is 4.79 Å². The first kappa shape index (κ1) is 28.7. The molecule has 0 aliphatic heterocycles. The van der Waals surface area contributed by atoms with Crippen molar-refractivity contribution in [2.24, 2.45) is 5.73 Å². The highest BCUT2D eigenvalue weighted by molar-refractivity contribution is 6.05. The molecule has 4 fully saturated rings. The lowest BCUT2D eigenvalue weighted by Crippen LogP contribution is -2.45. The van der Waals surface area contributed by atoms with Gasteiger partial charge in [0.2, 0.25) is 0 Å². The fourth-order valence-electron chi connectivity index (χ4n) is 10.3. The van der Waals surface area contributed by atoms with Gasteiger partial charge in [-0.05, 0) is 93.4 Å². The fraction of sp³-hybridized carbons (Fsp3) is 0.368. The average Bonchev–Trinajstić information content (AvgIpc) is 3.96. The van der Waals surface area contributed by atoms with Crippen molar-refractivity contribution >= 4 is 39.3 Å². The van der Waals surface area contributed by atoms with E-state index >= 15 is 0 Å². The minimum Gasteiger partial charge on any atom is -0.383 e. The highest BCUT2D eigenvalue weighted by Crippen LogP contribution is 2.59. The number of nitrogen functional groups attached to an aromatic ring is 1. The van der Waals surface area contributed by atoms with Gasteiger partial charge in [0.05, 0.1) is 16.5 Å². The van der Waals surface area contributed by atoms with Crippen molar-refractivity contribution < 1.29 is 4.79 Å². The molecule has 0 saturated heterocycles. The Balaban J connectivity index is 1.05. The molecule has 5 heterocycles. The van der Waals surface area contributed by atoms with Crippen LogP contribution in [0.15, 0.2) is 61.4 Å². The van der Waals surface area contributed by atoms with Crippen molar-refractivity contribution in [2.75, 3.05) is 5.73 Å². The Kier molecular flexibility index (Phi) is 5.63. The molecule has 4 saturated carbocycles. The van der Waals surface area contributed by atoms with E-state index in [0.717, 1.165) is 108 Å². The number of anilines is 1. The third-order valence-corrected chi connectivity index (χ3v) is 12.6. The van der Waals surface area contributed by atoms with Crippen LogP contribution in [-0.2, 0) is 11.0 Å². The van der Waals surface area contributed by atoms with Crippen LogP contribution >= 0.6 is 0 Å². The van der Waals surface area contributed by atoms with Gasteiger partial charge in [-0.25, -0.2) is 19.5 Å². The molecule has 0 radical (unpaired) electrons. The number of rotatable bonds is 5. The molecule has 0 spiro atoms. The number of nitrogens with zero attached hydrogens (tertiary/aromatic N) is 7. The third-order valence-electron chi connectivity index (χ3n) is 12.6. The highest BCUT2D eigenvalue weighted by Gasteiger charge is 2.58. The molecule has 6 aromatic rings. The van der Waals surface area contributed by atoms with Crippen LogP contribution in [0.3, 0.4) is 0 Å². The van der Waals surface area contributed by atoms with E-state index in [1.54, 1.807) is 10.8 Å². The molecule has 0 atom stereocenters. The van der Waals surface area contributed by atoms with Gasteiger partial charge in [0.1, 0.15) is 29.8 Å². The quantitative estimate of drug-likeness (QED) is 0.221. The Bertz CT molecular complexity index is 2420. The molecule has 1 aromatic carbocycles. The van der Waals surface area contributed by atoms with E-state index in [1.165, 1.54) is 6.33 Å². The molecule has 244 valence electrons. The van der Waals surface area contributed by atoms with Crippen LogP contribution in [0.1, 0.15) is 85.8 Å². The summed E-state index contributed by atoms with van der Waals surface area (Å²) < 4.78 is 3.94. The number of carbonyl (C=O) groups excluding carboxylic acids is 1. The minimum absolute atomic E-state index is 0.0649. The standard InChI is InChI=1S/C38H36N10O/c1-2-28-30(24-15-23-5-3-4-6-27(23)41-17-24)31-32(39)43-21-44-33(31)48(28)38-13-11-37(20-38,12-14-38)46-34(49)25-18-47-29(42-22-45-47)16-26(25)35-7-9-36(40,19-35)10-8-35/h1,3-6,15-18,21-22H,7-14,19-20,40H2,(H,46,49)(H2,39,43,44). The predicted octanol–water partition coefficient (Wildman–Crippen LogP) is 5.01. The van der Waals surface area contributed by atoms with Crippen LogP contribution in [0.4, 0.5) is 5.82 Å². The van der Waals surface area contributed by atoms with Gasteiger partial charge in [0.15, 0.2) is 5.65 Å². The van der Waals surface area contributed by atoms with Gasteiger partial charge in [-0.1, -0.05) is 24.1 Å². The van der Waals surface area contributed by atoms with Gasteiger partial charge in [0.25, 0.3) is 5.91 Å². The fourth-order valence-corrected chi connectivity index (χ4v) is 10.3. The Morgan fingerprint density at radius 2 is 1.76 bits per heavy atom. The third kappa shape index (κ3) is 3.95. The SMILES string of the molecule is C#Cc1c(-c2cnc3ccccc3c2)c2c(N)ncnc2n1C12CCC(NC(=O)c3cn4ncnc4cc3C34CCC(N)(CC3)C4)(CC1)C2. The zero-order chi connectivity index (χ0) is 33.2. The number of hydrogen-bond acceptors (Lipinski definition) is 8. The average molecular weight is 649 g/mol. The summed E-state index contributed by atoms with van der Waals surface area (Å²) in [5.41, 5.74) is 18.9. The lowest BCUT2D eigenvalue weighted by atomic mass is 9.76. The van der Waals surface area contributed by atoms with Crippen molar-refractivity contribution in [1.82, 2.24) is 39.4 Å². The molecule has 49 heavy (non-hydrogen) atoms. The number of amides is 1. The maximum Gasteiger partial charge on any atom is 0.253 e. The number of nitrogens with one attached hydrogen (secondary N) is 1. The summed E-state index contributed by atoms with van der Waals surface area (Å²) in [4.78, 5) is 32.9. The van der Waals surface area contributed by atoms with Crippen molar-refractivity contribution in [3.63, 3.8) is 0 Å². The molecule has 11 heteroatoms. The summed E-state index contributed by atoms with van der Waals surface area (Å²) in [5, 5.41) is 9.70. The molecular formula is C38H36N10O. The van der Waals surface area contributed by atoms with Crippen molar-refractivity contribution in [3.05, 3.63) is 78.3 Å². The second kappa shape index (κ2) is 9.64. The maximum atomic E-state index is 14.5. The van der Waals surface area contributed by atoms with E-state index < -0.39 is 5.54 Å². The number of nitrogens with two attached hydrogens (primary N) is 2. The van der Waals surface area contributed by atoms with Crippen LogP contribution in [-0.4, -0.2) is 51.1 Å². The molecular weight excluding hydrogens is 612 g/mol. The smallest absolute Gasteiger partial charge is 0.253 e. The van der Waals surface area contributed by atoms with Crippen molar-refractivity contribution in [2.45, 2.75) is 86.2 Å². The molecule has 11 nitrogen and oxygen atoms in total. The van der Waals surface area contributed by atoms with Gasteiger partial charge in [-0.2, -0.15) is 5.10 Å². The molecule has 5 N–H and O–H groups in total. The maximum absolute atomic E-state index is 14.5. The Morgan fingerprint density at radius 1 is 0.939 bits per heavy atom. The second-order valence-electron chi connectivity index (χ2n) is 15.2. The number of benzene rings is 1. The molecule has 4 bridgehead atoms. The second-order valence-corrected chi connectivity index (χ2v) is 15.2. The number of para-hydroxylation sites is 1. The van der Waals surface area contributed by atoms with Gasteiger partial charge in [-0.15, -0.1) is 6.42 Å². The normalized spacial score (nSPS) is 28.6. The van der Waals surface area contributed by atoms with Crippen molar-refractivity contribution in [3.8, 4) is 23.5 Å². The predicted molar refractivity (Wildman–Crippen MR) is 187 cm³/mol. The number of terminal acetylenes is 1. The first-order chi connectivity index (χ1) is 23.7. The van der Waals surface area contributed by atoms with E-state index in [2.05, 4.69) is 43.0 Å². The molecule has 10 rings (SSSR count). The zero-order valence-corrected chi connectivity index (χ0v) is 27.1. The summed E-state index contributed by atoms with van der Waals surface area (Å²) in [6, 6.07) is 12.2. The molecule has 4 aliphatic carbocycles. The van der Waals surface area contributed by atoms with E-state index in [0.29, 0.717) is 17.1 Å².